The van der Waals surface area contributed by atoms with Crippen LogP contribution in [-0.4, -0.2) is 83.1 Å². The molecular formula is C38H39FN6O4S. The van der Waals surface area contributed by atoms with Gasteiger partial charge in [-0.25, -0.2) is 21.8 Å². The van der Waals surface area contributed by atoms with Gasteiger partial charge in [0, 0.05) is 73.4 Å². The molecule has 4 heterocycles. The summed E-state index contributed by atoms with van der Waals surface area (Å²) in [6.07, 6.45) is 6.43. The van der Waals surface area contributed by atoms with Crippen LogP contribution in [0.2, 0.25) is 0 Å². The Morgan fingerprint density at radius 3 is 2.42 bits per heavy atom. The van der Waals surface area contributed by atoms with E-state index in [9.17, 15) is 17.9 Å². The van der Waals surface area contributed by atoms with E-state index in [0.29, 0.717) is 35.2 Å². The summed E-state index contributed by atoms with van der Waals surface area (Å²) in [6.45, 7) is 8.05. The Morgan fingerprint density at radius 2 is 1.70 bits per heavy atom. The zero-order valence-corrected chi connectivity index (χ0v) is 29.0. The van der Waals surface area contributed by atoms with E-state index in [2.05, 4.69) is 14.9 Å². The normalized spacial score (nSPS) is 14.7. The van der Waals surface area contributed by atoms with Crippen LogP contribution in [0.5, 0.6) is 5.75 Å². The molecule has 6 aromatic rings. The second-order valence-corrected chi connectivity index (χ2v) is 14.6. The minimum atomic E-state index is -3.99. The molecule has 1 N–H and O–H groups in total. The van der Waals surface area contributed by atoms with Crippen LogP contribution >= 0.6 is 0 Å². The average Bonchev–Trinajstić information content (AvgIpc) is 3.73. The van der Waals surface area contributed by atoms with E-state index < -0.39 is 10.0 Å². The molecule has 0 aliphatic carbocycles. The molecule has 0 spiro atoms. The van der Waals surface area contributed by atoms with Gasteiger partial charge in [-0.05, 0) is 67.4 Å². The van der Waals surface area contributed by atoms with Crippen molar-refractivity contribution in [1.29, 1.82) is 0 Å². The third kappa shape index (κ3) is 6.74. The van der Waals surface area contributed by atoms with Crippen LogP contribution in [-0.2, 0) is 16.6 Å². The fraction of sp³-hybridized carbons (Fsp3) is 0.263. The highest BCUT2D eigenvalue weighted by Gasteiger charge is 2.25. The number of methoxy groups -OCH3 is 1. The molecule has 1 aliphatic heterocycles. The number of aliphatic hydroxyl groups excluding tert-OH is 1. The number of benzene rings is 3. The van der Waals surface area contributed by atoms with Crippen molar-refractivity contribution < 1.29 is 22.7 Å². The van der Waals surface area contributed by atoms with Gasteiger partial charge in [0.25, 0.3) is 10.0 Å². The predicted octanol–water partition coefficient (Wildman–Crippen LogP) is 5.81. The first-order chi connectivity index (χ1) is 24.1. The van der Waals surface area contributed by atoms with Crippen molar-refractivity contribution >= 4 is 26.7 Å². The van der Waals surface area contributed by atoms with Crippen molar-refractivity contribution in [2.24, 2.45) is 0 Å². The number of aryl methyl sites for hydroxylation is 1. The highest BCUT2D eigenvalue weighted by atomic mass is 32.2. The quantitative estimate of drug-likeness (QED) is 0.192. The second-order valence-electron chi connectivity index (χ2n) is 12.8. The largest absolute Gasteiger partial charge is 0.495 e. The van der Waals surface area contributed by atoms with E-state index in [4.69, 9.17) is 9.72 Å². The summed E-state index contributed by atoms with van der Waals surface area (Å²) in [5.41, 5.74) is 6.00. The number of rotatable bonds is 10. The molecule has 1 aliphatic rings. The third-order valence-electron chi connectivity index (χ3n) is 9.12. The molecule has 1 atom stereocenters. The van der Waals surface area contributed by atoms with Crippen molar-refractivity contribution in [2.45, 2.75) is 31.4 Å². The Bertz CT molecular complexity index is 2260. The molecule has 3 aromatic heterocycles. The number of β-amino-alcohol motifs (C(OH)–C–C–N with tert-alkyl or cyclic N) is 1. The number of aromatic nitrogens is 4. The average molecular weight is 695 g/mol. The Morgan fingerprint density at radius 1 is 0.920 bits per heavy atom. The maximum atomic E-state index is 14.0. The number of fused-ring (bicyclic) bond motifs is 1. The van der Waals surface area contributed by atoms with Crippen molar-refractivity contribution in [3.63, 3.8) is 0 Å². The lowest BCUT2D eigenvalue weighted by molar-refractivity contribution is 0.122. The van der Waals surface area contributed by atoms with E-state index >= 15 is 0 Å². The van der Waals surface area contributed by atoms with Crippen LogP contribution in [0.4, 0.5) is 10.1 Å². The van der Waals surface area contributed by atoms with Crippen LogP contribution in [0.1, 0.15) is 18.1 Å². The number of pyridine rings is 1. The van der Waals surface area contributed by atoms with Gasteiger partial charge in [-0.2, -0.15) is 5.10 Å². The summed E-state index contributed by atoms with van der Waals surface area (Å²) < 4.78 is 50.7. The highest BCUT2D eigenvalue weighted by Crippen LogP contribution is 2.38. The Balaban J connectivity index is 1.27. The smallest absolute Gasteiger partial charge is 0.269 e. The number of anilines is 1. The van der Waals surface area contributed by atoms with E-state index in [0.717, 1.165) is 59.9 Å². The molecule has 10 nitrogen and oxygen atoms in total. The van der Waals surface area contributed by atoms with Gasteiger partial charge >= 0.3 is 0 Å². The lowest BCUT2D eigenvalue weighted by atomic mass is 10.0. The molecule has 0 bridgehead atoms. The lowest BCUT2D eigenvalue weighted by Gasteiger charge is -2.37. The molecule has 7 rings (SSSR count). The van der Waals surface area contributed by atoms with Crippen molar-refractivity contribution in [2.75, 3.05) is 44.7 Å². The van der Waals surface area contributed by atoms with Crippen LogP contribution < -0.4 is 9.64 Å². The van der Waals surface area contributed by atoms with Gasteiger partial charge in [0.1, 0.15) is 11.6 Å². The molecule has 1 fully saturated rings. The number of aliphatic hydroxyl groups is 1. The maximum absolute atomic E-state index is 14.0. The maximum Gasteiger partial charge on any atom is 0.269 e. The monoisotopic (exact) mass is 694 g/mol. The summed E-state index contributed by atoms with van der Waals surface area (Å²) in [5, 5.41) is 15.0. The molecule has 1 unspecified atom stereocenters. The highest BCUT2D eigenvalue weighted by molar-refractivity contribution is 7.90. The predicted molar refractivity (Wildman–Crippen MR) is 193 cm³/mol. The van der Waals surface area contributed by atoms with Gasteiger partial charge in [0.2, 0.25) is 0 Å². The summed E-state index contributed by atoms with van der Waals surface area (Å²) in [4.78, 5) is 9.44. The molecule has 50 heavy (non-hydrogen) atoms. The van der Waals surface area contributed by atoms with Gasteiger partial charge in [-0.1, -0.05) is 35.9 Å². The van der Waals surface area contributed by atoms with Crippen LogP contribution in [0.3, 0.4) is 0 Å². The van der Waals surface area contributed by atoms with Crippen molar-refractivity contribution in [1.82, 2.24) is 23.6 Å². The van der Waals surface area contributed by atoms with Crippen LogP contribution in [0.15, 0.2) is 102 Å². The Hall–Kier alpha value is -5.04. The Kier molecular flexibility index (Phi) is 9.17. The summed E-state index contributed by atoms with van der Waals surface area (Å²) in [7, 11) is -2.33. The van der Waals surface area contributed by atoms with E-state index in [1.807, 2.05) is 50.4 Å². The topological polar surface area (TPSA) is 106 Å². The van der Waals surface area contributed by atoms with Crippen molar-refractivity contribution in [3.05, 3.63) is 115 Å². The van der Waals surface area contributed by atoms with E-state index in [1.165, 1.54) is 16.1 Å². The molecule has 12 heteroatoms. The van der Waals surface area contributed by atoms with E-state index in [-0.39, 0.29) is 16.8 Å². The zero-order valence-electron chi connectivity index (χ0n) is 28.2. The molecule has 0 saturated carbocycles. The van der Waals surface area contributed by atoms with Gasteiger partial charge in [-0.15, -0.1) is 0 Å². The number of piperazine rings is 1. The molecular weight excluding hydrogens is 656 g/mol. The summed E-state index contributed by atoms with van der Waals surface area (Å²) in [6, 6.07) is 21.1. The van der Waals surface area contributed by atoms with Crippen molar-refractivity contribution in [3.8, 4) is 28.0 Å². The molecule has 3 aromatic carbocycles. The number of hydrogen-bond donors (Lipinski definition) is 1. The van der Waals surface area contributed by atoms with Crippen LogP contribution in [0.25, 0.3) is 33.3 Å². The third-order valence-corrected chi connectivity index (χ3v) is 10.8. The SMILES string of the molecule is COc1cc(-c2cnc3c(c2)c(-c2cnn(Cc4cccc(F)c4)c2)cn3S(=O)(=O)c2ccc(C)cc2)ccc1N1CCN(CC(C)O)CC1. The Labute approximate surface area is 291 Å². The molecule has 258 valence electrons. The standard InChI is InChI=1S/C38H39FN6O4S/c1-26-7-10-33(11-8-26)50(47,48)45-25-35(31-21-41-44(24-31)23-28-5-4-6-32(39)17-28)34-18-30(20-40-38(34)45)29-9-12-36(37(19-29)49-3)43-15-13-42(14-16-43)22-27(2)46/h4-12,17-21,24-25,27,46H,13-16,22-23H2,1-3H3. The number of nitrogens with zero attached hydrogens (tertiary/aromatic N) is 6. The lowest BCUT2D eigenvalue weighted by Crippen LogP contribution is -2.48. The minimum absolute atomic E-state index is 0.159. The summed E-state index contributed by atoms with van der Waals surface area (Å²) in [5.74, 6) is 0.405. The van der Waals surface area contributed by atoms with Gasteiger partial charge in [0.15, 0.2) is 5.65 Å². The zero-order chi connectivity index (χ0) is 35.0. The van der Waals surface area contributed by atoms with Gasteiger partial charge in [0.05, 0.1) is 36.5 Å². The van der Waals surface area contributed by atoms with E-state index in [1.54, 1.807) is 60.7 Å². The van der Waals surface area contributed by atoms with Gasteiger partial charge in [-0.3, -0.25) is 9.58 Å². The first-order valence-corrected chi connectivity index (χ1v) is 18.0. The van der Waals surface area contributed by atoms with Crippen LogP contribution in [0, 0.1) is 12.7 Å². The second kappa shape index (κ2) is 13.7. The summed E-state index contributed by atoms with van der Waals surface area (Å²) >= 11 is 0. The van der Waals surface area contributed by atoms with Gasteiger partial charge < -0.3 is 14.7 Å². The minimum Gasteiger partial charge on any atom is -0.495 e. The first-order valence-electron chi connectivity index (χ1n) is 16.5. The number of hydrogen-bond acceptors (Lipinski definition) is 8. The first kappa shape index (κ1) is 33.5. The molecule has 1 saturated heterocycles. The number of ether oxygens (including phenoxy) is 1. The fourth-order valence-electron chi connectivity index (χ4n) is 6.55. The molecule has 0 amide bonds. The molecule has 0 radical (unpaired) electrons. The fourth-order valence-corrected chi connectivity index (χ4v) is 7.87. The number of halogens is 1.